The van der Waals surface area contributed by atoms with Crippen molar-refractivity contribution < 1.29 is 14.7 Å². The summed E-state index contributed by atoms with van der Waals surface area (Å²) in [5, 5.41) is 17.4. The first kappa shape index (κ1) is 19.4. The summed E-state index contributed by atoms with van der Waals surface area (Å²) in [6, 6.07) is 17.4. The number of rotatable bonds is 4. The van der Waals surface area contributed by atoms with Crippen molar-refractivity contribution in [1.82, 2.24) is 27.0 Å². The minimum absolute atomic E-state index is 0.00449. The normalized spacial score (nSPS) is 26.5. The fourth-order valence-electron chi connectivity index (χ4n) is 3.42. The SMILES string of the molecule is O=C1NC(=S)NC(O)C1C(=O)Nc1ccc(C2NNNC2c2ccccc2)cc1. The van der Waals surface area contributed by atoms with Gasteiger partial charge in [-0.05, 0) is 35.5 Å². The number of anilines is 1. The summed E-state index contributed by atoms with van der Waals surface area (Å²) >= 11 is 4.79. The van der Waals surface area contributed by atoms with Crippen LogP contribution in [0.2, 0.25) is 0 Å². The molecule has 4 unspecified atom stereocenters. The number of carbonyl (C=O) groups is 2. The van der Waals surface area contributed by atoms with Gasteiger partial charge in [0.05, 0.1) is 12.1 Å². The minimum atomic E-state index is -1.37. The summed E-state index contributed by atoms with van der Waals surface area (Å²) < 4.78 is 0. The van der Waals surface area contributed by atoms with E-state index in [9.17, 15) is 14.7 Å². The van der Waals surface area contributed by atoms with Crippen molar-refractivity contribution in [3.05, 3.63) is 65.7 Å². The van der Waals surface area contributed by atoms with Gasteiger partial charge in [-0.2, -0.15) is 5.53 Å². The Morgan fingerprint density at radius 2 is 1.59 bits per heavy atom. The zero-order chi connectivity index (χ0) is 20.4. The van der Waals surface area contributed by atoms with Crippen molar-refractivity contribution in [3.63, 3.8) is 0 Å². The summed E-state index contributed by atoms with van der Waals surface area (Å²) in [6.07, 6.45) is -1.37. The van der Waals surface area contributed by atoms with Crippen molar-refractivity contribution in [1.29, 1.82) is 0 Å². The molecule has 150 valence electrons. The number of aliphatic hydroxyl groups excluding tert-OH is 1. The molecule has 2 aliphatic rings. The highest BCUT2D eigenvalue weighted by atomic mass is 32.1. The zero-order valence-electron chi connectivity index (χ0n) is 15.2. The molecule has 10 heteroatoms. The third kappa shape index (κ3) is 4.11. The van der Waals surface area contributed by atoms with Crippen LogP contribution in [0, 0.1) is 5.92 Å². The molecule has 7 N–H and O–H groups in total. The monoisotopic (exact) mass is 412 g/mol. The van der Waals surface area contributed by atoms with Crippen LogP contribution in [-0.4, -0.2) is 28.3 Å². The highest BCUT2D eigenvalue weighted by molar-refractivity contribution is 7.80. The molecule has 2 heterocycles. The van der Waals surface area contributed by atoms with Crippen LogP contribution in [0.15, 0.2) is 54.6 Å². The summed E-state index contributed by atoms with van der Waals surface area (Å²) in [7, 11) is 0. The molecule has 0 spiro atoms. The molecule has 2 aromatic carbocycles. The number of thiocarbonyl (C=S) groups is 1. The van der Waals surface area contributed by atoms with E-state index in [1.807, 2.05) is 42.5 Å². The first-order valence-electron chi connectivity index (χ1n) is 9.04. The molecule has 0 aliphatic carbocycles. The van der Waals surface area contributed by atoms with Crippen LogP contribution in [0.25, 0.3) is 0 Å². The zero-order valence-corrected chi connectivity index (χ0v) is 16.0. The summed E-state index contributed by atoms with van der Waals surface area (Å²) in [6.45, 7) is 0. The van der Waals surface area contributed by atoms with Gasteiger partial charge in [0.15, 0.2) is 11.0 Å². The van der Waals surface area contributed by atoms with Crippen molar-refractivity contribution in [2.24, 2.45) is 5.92 Å². The third-order valence-corrected chi connectivity index (χ3v) is 5.10. The lowest BCUT2D eigenvalue weighted by atomic mass is 9.95. The Labute approximate surface area is 172 Å². The molecule has 2 saturated heterocycles. The number of hydrazine groups is 2. The van der Waals surface area contributed by atoms with E-state index >= 15 is 0 Å². The largest absolute Gasteiger partial charge is 0.372 e. The van der Waals surface area contributed by atoms with Gasteiger partial charge >= 0.3 is 0 Å². The highest BCUT2D eigenvalue weighted by Gasteiger charge is 2.38. The molecule has 2 amide bonds. The molecule has 0 radical (unpaired) electrons. The van der Waals surface area contributed by atoms with E-state index in [2.05, 4.69) is 32.3 Å². The number of benzene rings is 2. The summed E-state index contributed by atoms with van der Waals surface area (Å²) in [5.74, 6) is -2.57. The second kappa shape index (κ2) is 8.23. The smallest absolute Gasteiger partial charge is 0.243 e. The Morgan fingerprint density at radius 1 is 0.966 bits per heavy atom. The van der Waals surface area contributed by atoms with Crippen molar-refractivity contribution in [2.45, 2.75) is 18.3 Å². The first-order chi connectivity index (χ1) is 14.0. The van der Waals surface area contributed by atoms with E-state index in [1.54, 1.807) is 12.1 Å². The molecule has 29 heavy (non-hydrogen) atoms. The molecule has 4 rings (SSSR count). The molecule has 9 nitrogen and oxygen atoms in total. The standard InChI is InChI=1S/C19H20N6O3S/c26-16(13-17(27)21-19(29)22-18(13)28)20-12-8-6-11(7-9-12)15-14(23-25-24-15)10-4-2-1-3-5-10/h1-9,13-15,17,23-25,27H,(H,20,26)(H2,21,22,28,29). The Kier molecular flexibility index (Phi) is 5.51. The Balaban J connectivity index is 1.45. The maximum Gasteiger partial charge on any atom is 0.243 e. The Bertz CT molecular complexity index is 923. The minimum Gasteiger partial charge on any atom is -0.372 e. The predicted octanol–water partition coefficient (Wildman–Crippen LogP) is -0.0412. The second-order valence-corrected chi connectivity index (χ2v) is 7.18. The molecule has 4 atom stereocenters. The van der Waals surface area contributed by atoms with Crippen LogP contribution in [0.4, 0.5) is 5.69 Å². The van der Waals surface area contributed by atoms with E-state index in [0.29, 0.717) is 5.69 Å². The topological polar surface area (TPSA) is 127 Å². The number of hydrogen-bond acceptors (Lipinski definition) is 7. The molecular weight excluding hydrogens is 392 g/mol. The lowest BCUT2D eigenvalue weighted by molar-refractivity contribution is -0.137. The quantitative estimate of drug-likeness (QED) is 0.276. The lowest BCUT2D eigenvalue weighted by Crippen LogP contribution is -2.61. The van der Waals surface area contributed by atoms with E-state index < -0.39 is 24.0 Å². The number of carbonyl (C=O) groups excluding carboxylic acids is 2. The number of amides is 2. The van der Waals surface area contributed by atoms with Gasteiger partial charge in [-0.1, -0.05) is 42.5 Å². The van der Waals surface area contributed by atoms with Gasteiger partial charge in [0, 0.05) is 5.69 Å². The molecule has 2 fully saturated rings. The molecule has 0 saturated carbocycles. The molecule has 2 aromatic rings. The second-order valence-electron chi connectivity index (χ2n) is 6.78. The number of nitrogens with one attached hydrogen (secondary N) is 6. The van der Waals surface area contributed by atoms with Gasteiger partial charge < -0.3 is 21.1 Å². The third-order valence-electron chi connectivity index (χ3n) is 4.88. The van der Waals surface area contributed by atoms with E-state index in [-0.39, 0.29) is 17.2 Å². The van der Waals surface area contributed by atoms with Crippen LogP contribution in [0.3, 0.4) is 0 Å². The first-order valence-corrected chi connectivity index (χ1v) is 9.45. The van der Waals surface area contributed by atoms with Crippen molar-refractivity contribution in [3.8, 4) is 0 Å². The lowest BCUT2D eigenvalue weighted by Gasteiger charge is -2.28. The van der Waals surface area contributed by atoms with Crippen LogP contribution in [-0.2, 0) is 9.59 Å². The van der Waals surface area contributed by atoms with Crippen molar-refractivity contribution >= 4 is 34.8 Å². The van der Waals surface area contributed by atoms with E-state index in [0.717, 1.165) is 11.1 Å². The van der Waals surface area contributed by atoms with Gasteiger partial charge in [-0.15, -0.1) is 0 Å². The van der Waals surface area contributed by atoms with Crippen LogP contribution in [0.1, 0.15) is 23.2 Å². The van der Waals surface area contributed by atoms with Gasteiger partial charge in [0.1, 0.15) is 6.23 Å². The molecule has 0 bridgehead atoms. The highest BCUT2D eigenvalue weighted by Crippen LogP contribution is 2.31. The van der Waals surface area contributed by atoms with E-state index in [1.165, 1.54) is 0 Å². The summed E-state index contributed by atoms with van der Waals surface area (Å²) in [5.41, 5.74) is 12.0. The van der Waals surface area contributed by atoms with Crippen LogP contribution >= 0.6 is 12.2 Å². The predicted molar refractivity (Wildman–Crippen MR) is 110 cm³/mol. The van der Waals surface area contributed by atoms with Crippen LogP contribution < -0.4 is 32.3 Å². The average Bonchev–Trinajstić information content (AvgIpc) is 3.18. The summed E-state index contributed by atoms with van der Waals surface area (Å²) in [4.78, 5) is 24.4. The fraction of sp³-hybridized carbons (Fsp3) is 0.211. The average molecular weight is 412 g/mol. The number of aliphatic hydroxyl groups is 1. The van der Waals surface area contributed by atoms with E-state index in [4.69, 9.17) is 12.2 Å². The van der Waals surface area contributed by atoms with Crippen LogP contribution in [0.5, 0.6) is 0 Å². The molecule has 2 aliphatic heterocycles. The van der Waals surface area contributed by atoms with Gasteiger partial charge in [0.25, 0.3) is 0 Å². The fourth-order valence-corrected chi connectivity index (χ4v) is 3.64. The van der Waals surface area contributed by atoms with Gasteiger partial charge in [0.2, 0.25) is 11.8 Å². The molecule has 0 aromatic heterocycles. The maximum absolute atomic E-state index is 12.4. The van der Waals surface area contributed by atoms with Gasteiger partial charge in [-0.25, -0.2) is 10.9 Å². The molecular formula is C19H20N6O3S. The maximum atomic E-state index is 12.4. The van der Waals surface area contributed by atoms with Crippen molar-refractivity contribution in [2.75, 3.05) is 5.32 Å². The Morgan fingerprint density at radius 3 is 2.21 bits per heavy atom. The van der Waals surface area contributed by atoms with Gasteiger partial charge in [-0.3, -0.25) is 9.59 Å². The number of hydrogen-bond donors (Lipinski definition) is 7. The Hall–Kier alpha value is -2.89.